The average Bonchev–Trinajstić information content (AvgIpc) is 3.22. The molecule has 0 radical (unpaired) electrons. The second kappa shape index (κ2) is 8.70. The summed E-state index contributed by atoms with van der Waals surface area (Å²) in [6.07, 6.45) is 1.35. The van der Waals surface area contributed by atoms with Crippen LogP contribution in [0.15, 0.2) is 64.1 Å². The van der Waals surface area contributed by atoms with E-state index in [0.29, 0.717) is 34.1 Å². The van der Waals surface area contributed by atoms with Crippen LogP contribution >= 0.6 is 0 Å². The summed E-state index contributed by atoms with van der Waals surface area (Å²) < 4.78 is 15.9. The molecule has 1 aromatic heterocycles. The zero-order chi connectivity index (χ0) is 20.8. The molecule has 0 spiro atoms. The minimum Gasteiger partial charge on any atom is -0.497 e. The Morgan fingerprint density at radius 1 is 1.10 bits per heavy atom. The zero-order valence-electron chi connectivity index (χ0n) is 15.6. The second-order valence-corrected chi connectivity index (χ2v) is 5.77. The Hall–Kier alpha value is -4.14. The van der Waals surface area contributed by atoms with Crippen LogP contribution in [0.1, 0.15) is 16.1 Å². The summed E-state index contributed by atoms with van der Waals surface area (Å²) in [6.45, 7) is 0. The number of methoxy groups -OCH3 is 2. The van der Waals surface area contributed by atoms with Crippen LogP contribution in [0.3, 0.4) is 0 Å². The fourth-order valence-electron chi connectivity index (χ4n) is 2.53. The van der Waals surface area contributed by atoms with E-state index in [9.17, 15) is 14.9 Å². The van der Waals surface area contributed by atoms with Gasteiger partial charge < -0.3 is 13.9 Å². The van der Waals surface area contributed by atoms with Gasteiger partial charge in [-0.05, 0) is 36.4 Å². The number of ether oxygens (including phenoxy) is 2. The lowest BCUT2D eigenvalue weighted by molar-refractivity contribution is -0.384. The van der Waals surface area contributed by atoms with Crippen LogP contribution in [-0.2, 0) is 0 Å². The third kappa shape index (κ3) is 4.59. The fourth-order valence-corrected chi connectivity index (χ4v) is 2.53. The number of amides is 1. The SMILES string of the molecule is COc1ccc(C(=O)N/N=C\c2ccc(-c3ccc([N+](=O)[O-])cc3)o2)c(OC)c1. The first-order valence-electron chi connectivity index (χ1n) is 8.42. The van der Waals surface area contributed by atoms with Gasteiger partial charge >= 0.3 is 0 Å². The van der Waals surface area contributed by atoms with E-state index in [0.717, 1.165) is 0 Å². The van der Waals surface area contributed by atoms with Gasteiger partial charge in [0.25, 0.3) is 11.6 Å². The van der Waals surface area contributed by atoms with Gasteiger partial charge in [0.05, 0.1) is 30.9 Å². The number of nitro groups is 1. The molecule has 0 saturated carbocycles. The number of rotatable bonds is 7. The molecule has 0 bridgehead atoms. The number of hydrogen-bond acceptors (Lipinski definition) is 7. The Balaban J connectivity index is 1.67. The molecular formula is C20H17N3O6. The second-order valence-electron chi connectivity index (χ2n) is 5.77. The molecular weight excluding hydrogens is 378 g/mol. The minimum absolute atomic E-state index is 0.00114. The first-order chi connectivity index (χ1) is 14.0. The smallest absolute Gasteiger partial charge is 0.275 e. The van der Waals surface area contributed by atoms with Crippen molar-refractivity contribution in [3.8, 4) is 22.8 Å². The number of nitrogens with one attached hydrogen (secondary N) is 1. The van der Waals surface area contributed by atoms with Crippen molar-refractivity contribution in [2.75, 3.05) is 14.2 Å². The van der Waals surface area contributed by atoms with E-state index in [1.165, 1.54) is 32.6 Å². The van der Waals surface area contributed by atoms with Crippen molar-refractivity contribution in [3.05, 3.63) is 76.0 Å². The first-order valence-corrected chi connectivity index (χ1v) is 8.42. The zero-order valence-corrected chi connectivity index (χ0v) is 15.6. The van der Waals surface area contributed by atoms with Crippen molar-refractivity contribution >= 4 is 17.8 Å². The Morgan fingerprint density at radius 3 is 2.52 bits per heavy atom. The fraction of sp³-hybridized carbons (Fsp3) is 0.100. The van der Waals surface area contributed by atoms with Gasteiger partial charge in [-0.1, -0.05) is 0 Å². The van der Waals surface area contributed by atoms with E-state index in [2.05, 4.69) is 10.5 Å². The highest BCUT2D eigenvalue weighted by atomic mass is 16.6. The Kier molecular flexibility index (Phi) is 5.88. The normalized spacial score (nSPS) is 10.7. The number of non-ortho nitro benzene ring substituents is 1. The molecule has 0 saturated heterocycles. The quantitative estimate of drug-likeness (QED) is 0.371. The van der Waals surface area contributed by atoms with Gasteiger partial charge in [-0.2, -0.15) is 5.10 Å². The monoisotopic (exact) mass is 395 g/mol. The van der Waals surface area contributed by atoms with Crippen LogP contribution in [0.2, 0.25) is 0 Å². The van der Waals surface area contributed by atoms with E-state index < -0.39 is 10.8 Å². The molecule has 3 aromatic rings. The number of nitrogens with zero attached hydrogens (tertiary/aromatic N) is 2. The molecule has 0 aliphatic rings. The topological polar surface area (TPSA) is 116 Å². The van der Waals surface area contributed by atoms with Crippen molar-refractivity contribution in [1.82, 2.24) is 5.43 Å². The van der Waals surface area contributed by atoms with Gasteiger partial charge in [0, 0.05) is 23.8 Å². The van der Waals surface area contributed by atoms with Crippen LogP contribution in [-0.4, -0.2) is 31.3 Å². The maximum absolute atomic E-state index is 12.3. The number of carbonyl (C=O) groups is 1. The van der Waals surface area contributed by atoms with Gasteiger partial charge in [0.1, 0.15) is 23.0 Å². The molecule has 0 atom stereocenters. The molecule has 29 heavy (non-hydrogen) atoms. The summed E-state index contributed by atoms with van der Waals surface area (Å²) in [5.41, 5.74) is 3.39. The molecule has 0 fully saturated rings. The van der Waals surface area contributed by atoms with Crippen LogP contribution in [0.25, 0.3) is 11.3 Å². The molecule has 1 heterocycles. The molecule has 148 valence electrons. The first kappa shape index (κ1) is 19.6. The lowest BCUT2D eigenvalue weighted by atomic mass is 10.1. The van der Waals surface area contributed by atoms with E-state index in [4.69, 9.17) is 13.9 Å². The maximum Gasteiger partial charge on any atom is 0.275 e. The molecule has 2 aromatic carbocycles. The van der Waals surface area contributed by atoms with Crippen LogP contribution in [0.5, 0.6) is 11.5 Å². The Bertz CT molecular complexity index is 1060. The standard InChI is InChI=1S/C20H17N3O6/c1-27-15-7-9-17(19(11-15)28-2)20(24)22-21-12-16-8-10-18(29-16)13-3-5-14(6-4-13)23(25)26/h3-12H,1-2H3,(H,22,24)/b21-12-. The highest BCUT2D eigenvalue weighted by molar-refractivity contribution is 5.97. The molecule has 3 rings (SSSR count). The summed E-state index contributed by atoms with van der Waals surface area (Å²) in [5.74, 6) is 1.39. The lowest BCUT2D eigenvalue weighted by Gasteiger charge is -2.08. The van der Waals surface area contributed by atoms with Crippen molar-refractivity contribution in [2.45, 2.75) is 0 Å². The lowest BCUT2D eigenvalue weighted by Crippen LogP contribution is -2.18. The van der Waals surface area contributed by atoms with Crippen molar-refractivity contribution in [2.24, 2.45) is 5.10 Å². The molecule has 0 aliphatic carbocycles. The summed E-state index contributed by atoms with van der Waals surface area (Å²) in [4.78, 5) is 22.5. The largest absolute Gasteiger partial charge is 0.497 e. The van der Waals surface area contributed by atoms with Gasteiger partial charge in [-0.15, -0.1) is 0 Å². The van der Waals surface area contributed by atoms with Crippen molar-refractivity contribution in [1.29, 1.82) is 0 Å². The minimum atomic E-state index is -0.468. The van der Waals surface area contributed by atoms with E-state index >= 15 is 0 Å². The van der Waals surface area contributed by atoms with Crippen LogP contribution in [0.4, 0.5) is 5.69 Å². The highest BCUT2D eigenvalue weighted by Gasteiger charge is 2.13. The van der Waals surface area contributed by atoms with Crippen molar-refractivity contribution in [3.63, 3.8) is 0 Å². The third-order valence-corrected chi connectivity index (χ3v) is 4.00. The molecule has 9 nitrogen and oxygen atoms in total. The molecule has 9 heteroatoms. The van der Waals surface area contributed by atoms with Gasteiger partial charge in [0.15, 0.2) is 0 Å². The van der Waals surface area contributed by atoms with E-state index in [1.54, 1.807) is 42.5 Å². The molecule has 1 N–H and O–H groups in total. The molecule has 1 amide bonds. The summed E-state index contributed by atoms with van der Waals surface area (Å²) in [7, 11) is 2.98. The molecule has 0 aliphatic heterocycles. The summed E-state index contributed by atoms with van der Waals surface area (Å²) in [6, 6.07) is 14.2. The summed E-state index contributed by atoms with van der Waals surface area (Å²) >= 11 is 0. The maximum atomic E-state index is 12.3. The van der Waals surface area contributed by atoms with E-state index in [1.807, 2.05) is 0 Å². The number of carbonyl (C=O) groups excluding carboxylic acids is 1. The van der Waals surface area contributed by atoms with Crippen molar-refractivity contribution < 1.29 is 23.6 Å². The number of nitro benzene ring substituents is 1. The molecule has 0 unspecified atom stereocenters. The van der Waals surface area contributed by atoms with Crippen LogP contribution in [0, 0.1) is 10.1 Å². The number of furan rings is 1. The average molecular weight is 395 g/mol. The summed E-state index contributed by atoms with van der Waals surface area (Å²) in [5, 5.41) is 14.6. The Labute approximate surface area is 165 Å². The van der Waals surface area contributed by atoms with E-state index in [-0.39, 0.29) is 5.69 Å². The van der Waals surface area contributed by atoms with Gasteiger partial charge in [-0.3, -0.25) is 14.9 Å². The highest BCUT2D eigenvalue weighted by Crippen LogP contribution is 2.25. The Morgan fingerprint density at radius 2 is 1.86 bits per heavy atom. The van der Waals surface area contributed by atoms with Crippen LogP contribution < -0.4 is 14.9 Å². The predicted octanol–water partition coefficient (Wildman–Crippen LogP) is 3.64. The van der Waals surface area contributed by atoms with Gasteiger partial charge in [0.2, 0.25) is 0 Å². The number of benzene rings is 2. The van der Waals surface area contributed by atoms with Gasteiger partial charge in [-0.25, -0.2) is 5.43 Å². The predicted molar refractivity (Wildman–Crippen MR) is 105 cm³/mol. The third-order valence-electron chi connectivity index (χ3n) is 4.00. The number of hydrogen-bond donors (Lipinski definition) is 1. The number of hydrazone groups is 1.